The Bertz CT molecular complexity index is 2830. The van der Waals surface area contributed by atoms with E-state index in [0.29, 0.717) is 17.5 Å². The summed E-state index contributed by atoms with van der Waals surface area (Å²) >= 11 is 0. The van der Waals surface area contributed by atoms with Gasteiger partial charge >= 0.3 is 0 Å². The fraction of sp³-hybridized carbons (Fsp3) is 0.0444. The summed E-state index contributed by atoms with van der Waals surface area (Å²) in [7, 11) is 0. The van der Waals surface area contributed by atoms with Crippen LogP contribution >= 0.6 is 0 Å². The number of hydrogen-bond acceptors (Lipinski definition) is 4. The van der Waals surface area contributed by atoms with Gasteiger partial charge in [0.1, 0.15) is 11.2 Å². The molecular formula is C45H29N3O. The molecule has 2 heterocycles. The van der Waals surface area contributed by atoms with Crippen LogP contribution in [0.4, 0.5) is 0 Å². The lowest BCUT2D eigenvalue weighted by atomic mass is 9.91. The molecule has 0 N–H and O–H groups in total. The van der Waals surface area contributed by atoms with Crippen molar-refractivity contribution in [3.05, 3.63) is 158 Å². The quantitative estimate of drug-likeness (QED) is 0.182. The van der Waals surface area contributed by atoms with Gasteiger partial charge in [-0.1, -0.05) is 140 Å². The molecule has 0 bridgehead atoms. The second-order valence-corrected chi connectivity index (χ2v) is 12.6. The maximum atomic E-state index is 6.83. The number of rotatable bonds is 4. The Balaban J connectivity index is 1.35. The van der Waals surface area contributed by atoms with Crippen LogP contribution in [-0.4, -0.2) is 15.0 Å². The van der Waals surface area contributed by atoms with Gasteiger partial charge in [0.25, 0.3) is 0 Å². The second kappa shape index (κ2) is 11.1. The highest BCUT2D eigenvalue weighted by Crippen LogP contribution is 2.46. The van der Waals surface area contributed by atoms with Crippen LogP contribution in [0.1, 0.15) is 18.7 Å². The number of hydrogen-bond donors (Lipinski definition) is 0. The van der Waals surface area contributed by atoms with E-state index in [9.17, 15) is 0 Å². The molecule has 0 radical (unpaired) electrons. The summed E-state index contributed by atoms with van der Waals surface area (Å²) in [6.45, 7) is 0. The number of para-hydroxylation sites is 1. The van der Waals surface area contributed by atoms with Crippen molar-refractivity contribution in [2.45, 2.75) is 12.8 Å². The summed E-state index contributed by atoms with van der Waals surface area (Å²) in [6.07, 6.45) is 8.26. The minimum absolute atomic E-state index is 0.633. The van der Waals surface area contributed by atoms with E-state index in [0.717, 1.165) is 73.4 Å². The van der Waals surface area contributed by atoms with Gasteiger partial charge in [0.15, 0.2) is 17.5 Å². The van der Waals surface area contributed by atoms with Crippen LogP contribution < -0.4 is 0 Å². The largest absolute Gasteiger partial charge is 0.455 e. The van der Waals surface area contributed by atoms with Crippen molar-refractivity contribution < 1.29 is 4.42 Å². The highest BCUT2D eigenvalue weighted by Gasteiger charge is 2.23. The summed E-state index contributed by atoms with van der Waals surface area (Å²) < 4.78 is 6.83. The fourth-order valence-corrected chi connectivity index (χ4v) is 7.54. The van der Waals surface area contributed by atoms with Gasteiger partial charge in [0.2, 0.25) is 0 Å². The molecule has 0 spiro atoms. The summed E-state index contributed by atoms with van der Waals surface area (Å²) in [6, 6.07) is 46.7. The van der Waals surface area contributed by atoms with Gasteiger partial charge in [-0.2, -0.15) is 0 Å². The lowest BCUT2D eigenvalue weighted by Crippen LogP contribution is -2.04. The first kappa shape index (κ1) is 27.7. The van der Waals surface area contributed by atoms with Gasteiger partial charge in [-0.15, -0.1) is 0 Å². The van der Waals surface area contributed by atoms with Crippen LogP contribution in [0.5, 0.6) is 0 Å². The molecule has 0 fully saturated rings. The molecule has 4 heteroatoms. The minimum atomic E-state index is 0.633. The third-order valence-electron chi connectivity index (χ3n) is 9.78. The van der Waals surface area contributed by atoms with E-state index in [4.69, 9.17) is 19.4 Å². The van der Waals surface area contributed by atoms with E-state index in [1.807, 2.05) is 18.2 Å². The van der Waals surface area contributed by atoms with E-state index < -0.39 is 0 Å². The zero-order chi connectivity index (χ0) is 32.3. The van der Waals surface area contributed by atoms with E-state index in [1.54, 1.807) is 0 Å². The molecule has 0 aliphatic heterocycles. The summed E-state index contributed by atoms with van der Waals surface area (Å²) in [5.41, 5.74) is 6.90. The predicted octanol–water partition coefficient (Wildman–Crippen LogP) is 12.0. The number of benzene rings is 7. The Morgan fingerprint density at radius 2 is 1.06 bits per heavy atom. The van der Waals surface area contributed by atoms with E-state index in [2.05, 4.69) is 133 Å². The van der Waals surface area contributed by atoms with Crippen molar-refractivity contribution in [1.29, 1.82) is 0 Å². The summed E-state index contributed by atoms with van der Waals surface area (Å²) in [5.74, 6) is 1.99. The van der Waals surface area contributed by atoms with Crippen LogP contribution in [0.25, 0.3) is 93.7 Å². The molecule has 49 heavy (non-hydrogen) atoms. The normalized spacial score (nSPS) is 13.2. The summed E-state index contributed by atoms with van der Waals surface area (Å²) in [5, 5.41) is 9.03. The van der Waals surface area contributed by atoms with E-state index in [1.165, 1.54) is 21.5 Å². The molecule has 0 unspecified atom stereocenters. The van der Waals surface area contributed by atoms with Gasteiger partial charge in [-0.3, -0.25) is 0 Å². The Hall–Kier alpha value is -6.39. The zero-order valence-electron chi connectivity index (χ0n) is 26.6. The first-order chi connectivity index (χ1) is 24.3. The molecule has 0 amide bonds. The Morgan fingerprint density at radius 3 is 1.82 bits per heavy atom. The SMILES string of the molecule is C1=CCCC(c2nc(-c3ccccc3-c3ccccc3)nc(-c3cc4c5ccccc5c5ccccc5c4c4oc5ccccc5c34)n2)=C1. The van der Waals surface area contributed by atoms with Crippen molar-refractivity contribution in [3.63, 3.8) is 0 Å². The molecule has 4 nitrogen and oxygen atoms in total. The number of aromatic nitrogens is 3. The van der Waals surface area contributed by atoms with Gasteiger partial charge < -0.3 is 4.42 Å². The smallest absolute Gasteiger partial charge is 0.164 e. The van der Waals surface area contributed by atoms with E-state index >= 15 is 0 Å². The third kappa shape index (κ3) is 4.41. The van der Waals surface area contributed by atoms with Crippen LogP contribution in [0.15, 0.2) is 156 Å². The molecule has 1 aliphatic rings. The fourth-order valence-electron chi connectivity index (χ4n) is 7.54. The standard InChI is InChI=1S/C45H29N3O/c1-3-15-28(16-4-1)30-19-7-12-24-35(30)44-46-43(29-17-5-2-6-18-29)47-45(48-44)38-27-37-33-22-9-8-20-31(33)32-21-10-11-23-34(32)40(37)42-41(38)36-25-13-14-26-39(36)49-42/h1-5,7-17,19-27H,6,18H2. The maximum Gasteiger partial charge on any atom is 0.164 e. The molecule has 10 rings (SSSR count). The number of nitrogens with zero attached hydrogens (tertiary/aromatic N) is 3. The predicted molar refractivity (Wildman–Crippen MR) is 202 cm³/mol. The molecule has 9 aromatic rings. The van der Waals surface area contributed by atoms with Crippen LogP contribution in [-0.2, 0) is 0 Å². The topological polar surface area (TPSA) is 51.8 Å². The average Bonchev–Trinajstić information content (AvgIpc) is 3.58. The third-order valence-corrected chi connectivity index (χ3v) is 9.78. The highest BCUT2D eigenvalue weighted by molar-refractivity contribution is 6.34. The Kier molecular flexibility index (Phi) is 6.28. The monoisotopic (exact) mass is 627 g/mol. The first-order valence-electron chi connectivity index (χ1n) is 16.8. The zero-order valence-corrected chi connectivity index (χ0v) is 26.6. The molecule has 2 aromatic heterocycles. The van der Waals surface area contributed by atoms with Crippen molar-refractivity contribution in [1.82, 2.24) is 15.0 Å². The van der Waals surface area contributed by atoms with Gasteiger partial charge in [0, 0.05) is 27.3 Å². The van der Waals surface area contributed by atoms with Crippen molar-refractivity contribution in [2.75, 3.05) is 0 Å². The van der Waals surface area contributed by atoms with E-state index in [-0.39, 0.29) is 0 Å². The van der Waals surface area contributed by atoms with Crippen molar-refractivity contribution >= 4 is 59.8 Å². The van der Waals surface area contributed by atoms with Gasteiger partial charge in [-0.05, 0) is 68.6 Å². The molecule has 1 aliphatic carbocycles. The van der Waals surface area contributed by atoms with Gasteiger partial charge in [-0.25, -0.2) is 15.0 Å². The minimum Gasteiger partial charge on any atom is -0.455 e. The lowest BCUT2D eigenvalue weighted by Gasteiger charge is -2.15. The Morgan fingerprint density at radius 1 is 0.469 bits per heavy atom. The molecule has 230 valence electrons. The highest BCUT2D eigenvalue weighted by atomic mass is 16.3. The molecule has 0 saturated heterocycles. The van der Waals surface area contributed by atoms with Crippen LogP contribution in [0.2, 0.25) is 0 Å². The molecule has 7 aromatic carbocycles. The van der Waals surface area contributed by atoms with Gasteiger partial charge in [0.05, 0.1) is 0 Å². The molecular weight excluding hydrogens is 599 g/mol. The summed E-state index contributed by atoms with van der Waals surface area (Å²) in [4.78, 5) is 15.8. The second-order valence-electron chi connectivity index (χ2n) is 12.6. The first-order valence-corrected chi connectivity index (χ1v) is 16.8. The van der Waals surface area contributed by atoms with Crippen molar-refractivity contribution in [3.8, 4) is 33.9 Å². The lowest BCUT2D eigenvalue weighted by molar-refractivity contribution is 0.673. The molecule has 0 saturated carbocycles. The maximum absolute atomic E-state index is 6.83. The number of fused-ring (bicyclic) bond motifs is 10. The van der Waals surface area contributed by atoms with Crippen molar-refractivity contribution in [2.24, 2.45) is 0 Å². The Labute approximate surface area is 282 Å². The van der Waals surface area contributed by atoms with Crippen LogP contribution in [0.3, 0.4) is 0 Å². The number of furan rings is 1. The van der Waals surface area contributed by atoms with Crippen LogP contribution in [0, 0.1) is 0 Å². The molecule has 0 atom stereocenters. The number of allylic oxidation sites excluding steroid dienone is 4. The average molecular weight is 628 g/mol.